The third-order valence-electron chi connectivity index (χ3n) is 11.2. The molecule has 0 fully saturated rings. The van der Waals surface area contributed by atoms with Crippen LogP contribution in [0.5, 0.6) is 11.5 Å². The van der Waals surface area contributed by atoms with Gasteiger partial charge in [-0.3, -0.25) is 19.6 Å². The molecule has 9 N–H and O–H groups in total. The number of rotatable bonds is 23. The Kier molecular flexibility index (Phi) is 23.1. The molecule has 0 aliphatic heterocycles. The van der Waals surface area contributed by atoms with Gasteiger partial charge in [-0.15, -0.1) is 0 Å². The van der Waals surface area contributed by atoms with Crippen LogP contribution in [0.2, 0.25) is 0 Å². The molecule has 0 radical (unpaired) electrons. The molecule has 6 aromatic rings. The molecule has 0 aliphatic carbocycles. The summed E-state index contributed by atoms with van der Waals surface area (Å²) < 4.78 is 11.3. The van der Waals surface area contributed by atoms with Gasteiger partial charge in [0, 0.05) is 63.8 Å². The lowest BCUT2D eigenvalue weighted by Crippen LogP contribution is -2.29. The van der Waals surface area contributed by atoms with E-state index in [9.17, 15) is 19.8 Å². The number of methoxy groups -OCH3 is 2. The molecule has 25 heteroatoms. The molecule has 2 aromatic carbocycles. The Balaban J connectivity index is 0.000000315. The molecule has 1 amide bonds. The molecule has 24 nitrogen and oxygen atoms in total. The highest BCUT2D eigenvalue weighted by Crippen LogP contribution is 2.39. The van der Waals surface area contributed by atoms with Crippen molar-refractivity contribution in [3.05, 3.63) is 109 Å². The smallest absolute Gasteiger partial charge is 0.247 e. The van der Waals surface area contributed by atoms with Crippen molar-refractivity contribution in [3.63, 3.8) is 0 Å². The van der Waals surface area contributed by atoms with Crippen molar-refractivity contribution in [1.29, 1.82) is 0 Å². The zero-order chi connectivity index (χ0) is 58.8. The van der Waals surface area contributed by atoms with Gasteiger partial charge in [0.25, 0.3) is 0 Å². The first-order valence-corrected chi connectivity index (χ1v) is 25.1. The topological polar surface area (TPSA) is 295 Å². The number of aryl methyl sites for hydroxylation is 2. The summed E-state index contributed by atoms with van der Waals surface area (Å²) in [7, 11) is 15.2. The number of anilines is 12. The maximum atomic E-state index is 12.2. The van der Waals surface area contributed by atoms with Crippen LogP contribution < -0.4 is 51.6 Å². The van der Waals surface area contributed by atoms with Crippen LogP contribution >= 0.6 is 11.6 Å². The summed E-state index contributed by atoms with van der Waals surface area (Å²) in [5.74, 6) is 1.89. The number of benzene rings is 2. The molecule has 6 rings (SSSR count). The van der Waals surface area contributed by atoms with Crippen LogP contribution in [0.1, 0.15) is 50.5 Å². The van der Waals surface area contributed by atoms with E-state index in [1.165, 1.54) is 18.7 Å². The fourth-order valence-electron chi connectivity index (χ4n) is 7.12. The Bertz CT molecular complexity index is 3040. The quantitative estimate of drug-likeness (QED) is 0.0178. The average molecular weight is 1110 g/mol. The first-order chi connectivity index (χ1) is 37.1. The normalized spacial score (nSPS) is 11.0. The van der Waals surface area contributed by atoms with Crippen LogP contribution in [0, 0.1) is 13.8 Å². The molecule has 0 saturated carbocycles. The van der Waals surface area contributed by atoms with E-state index in [-0.39, 0.29) is 17.8 Å². The number of nitrogen functional groups attached to an aromatic ring is 1. The second-order valence-electron chi connectivity index (χ2n) is 19.4. The minimum Gasteiger partial charge on any atom is -0.494 e. The van der Waals surface area contributed by atoms with Crippen LogP contribution in [0.15, 0.2) is 86.5 Å². The second-order valence-corrected chi connectivity index (χ2v) is 19.8. The first-order valence-electron chi connectivity index (χ1n) is 24.7. The number of ether oxygens (including phenoxy) is 2. The highest BCUT2D eigenvalue weighted by Gasteiger charge is 2.25. The van der Waals surface area contributed by atoms with Crippen molar-refractivity contribution in [2.75, 3.05) is 125 Å². The predicted molar refractivity (Wildman–Crippen MR) is 315 cm³/mol. The minimum absolute atomic E-state index is 0.241. The highest BCUT2D eigenvalue weighted by molar-refractivity contribution is 6.66. The van der Waals surface area contributed by atoms with Gasteiger partial charge in [0.2, 0.25) is 34.9 Å². The lowest BCUT2D eigenvalue weighted by atomic mass is 10.0. The van der Waals surface area contributed by atoms with Crippen molar-refractivity contribution in [3.8, 4) is 11.5 Å². The van der Waals surface area contributed by atoms with Crippen molar-refractivity contribution < 1.29 is 29.3 Å². The lowest BCUT2D eigenvalue weighted by molar-refractivity contribution is -0.112. The van der Waals surface area contributed by atoms with Gasteiger partial charge in [0.05, 0.1) is 71.1 Å². The monoisotopic (exact) mass is 1110 g/mol. The molecule has 4 heterocycles. The number of hydrogen-bond acceptors (Lipinski definition) is 23. The van der Waals surface area contributed by atoms with Crippen LogP contribution in [-0.2, 0) is 20.8 Å². The Morgan fingerprint density at radius 3 is 1.34 bits per heavy atom. The van der Waals surface area contributed by atoms with E-state index in [1.807, 2.05) is 97.4 Å². The summed E-state index contributed by atoms with van der Waals surface area (Å²) in [6.45, 7) is 20.3. The number of nitrogens with zero attached hydrogens (tertiary/aromatic N) is 12. The zero-order valence-corrected chi connectivity index (χ0v) is 48.3. The number of hydrogen-bond donors (Lipinski definition) is 8. The van der Waals surface area contributed by atoms with Gasteiger partial charge in [0.1, 0.15) is 35.4 Å². The molecule has 0 unspecified atom stereocenters. The number of nitrogens with one attached hydrogen (secondary N) is 5. The molecule has 0 bridgehead atoms. The number of aromatic nitrogens is 8. The molecule has 0 saturated heterocycles. The largest absolute Gasteiger partial charge is 0.494 e. The van der Waals surface area contributed by atoms with Gasteiger partial charge < -0.3 is 71.6 Å². The van der Waals surface area contributed by atoms with E-state index >= 15 is 0 Å². The van der Waals surface area contributed by atoms with Crippen LogP contribution in [0.25, 0.3) is 0 Å². The van der Waals surface area contributed by atoms with Gasteiger partial charge in [-0.2, -0.15) is 9.97 Å². The maximum absolute atomic E-state index is 12.2. The van der Waals surface area contributed by atoms with Crippen molar-refractivity contribution in [1.82, 2.24) is 49.7 Å². The summed E-state index contributed by atoms with van der Waals surface area (Å²) in [4.78, 5) is 64.7. The van der Waals surface area contributed by atoms with Crippen LogP contribution in [-0.4, -0.2) is 154 Å². The van der Waals surface area contributed by atoms with Crippen molar-refractivity contribution >= 4 is 92.0 Å². The third kappa shape index (κ3) is 19.6. The van der Waals surface area contributed by atoms with E-state index in [0.717, 1.165) is 55.0 Å². The number of aliphatic hydroxyl groups is 2. The number of carbonyl (C=O) groups is 2. The molecule has 0 aliphatic rings. The highest BCUT2D eigenvalue weighted by atomic mass is 35.5. The summed E-state index contributed by atoms with van der Waals surface area (Å²) in [5.41, 5.74) is 11.7. The number of nitrogens with two attached hydrogens (primary N) is 1. The molecule has 424 valence electrons. The molecular formula is C54H75ClN18O6. The standard InChI is InChI=1S/C27H37N9O3.C24H35N9O2.C3H3ClO/c1-9-23(37)31-19-14-20(22(39-8)15-21(19)36(7)13-12-35(5)6)33-26-29-16-28-25(34-26)32-18-11-10-17(2)30-24(18)27(3,4)38;1-15-8-9-17(21(28-15)24(2,3)34)29-22-26-14-27-23(31-22)30-18-12-16(25)19(13-20(18)35-7)33(6)11-10-32(4)5;1-2-3(4)5/h9-11,14-16,38H,1,12-13H2,2-8H3,(H,31,37)(H2,28,29,32,33,34);8-9,12-14,34H,10-11,25H2,1-7H3,(H2,26,27,29,30,31);2H,1H2. The fraction of sp³-hybridized carbons (Fsp3) is 0.370. The summed E-state index contributed by atoms with van der Waals surface area (Å²) >= 11 is 4.71. The number of pyridine rings is 2. The molecule has 0 spiro atoms. The second kappa shape index (κ2) is 28.9. The number of allylic oxidation sites excluding steroid dienone is 1. The number of carbonyl (C=O) groups excluding carboxylic acids is 2. The van der Waals surface area contributed by atoms with E-state index in [4.69, 9.17) is 26.8 Å². The van der Waals surface area contributed by atoms with Crippen molar-refractivity contribution in [2.24, 2.45) is 0 Å². The summed E-state index contributed by atoms with van der Waals surface area (Å²) in [6.07, 6.45) is 5.01. The zero-order valence-electron chi connectivity index (χ0n) is 47.5. The summed E-state index contributed by atoms with van der Waals surface area (Å²) in [5, 5.41) is 36.0. The molecule has 79 heavy (non-hydrogen) atoms. The Labute approximate surface area is 467 Å². The third-order valence-corrected chi connectivity index (χ3v) is 11.4. The molecular weight excluding hydrogens is 1030 g/mol. The predicted octanol–water partition coefficient (Wildman–Crippen LogP) is 7.24. The van der Waals surface area contributed by atoms with E-state index in [1.54, 1.807) is 54.0 Å². The number of halogens is 1. The average Bonchev–Trinajstić information content (AvgIpc) is 3.39. The van der Waals surface area contributed by atoms with Gasteiger partial charge in [-0.1, -0.05) is 13.2 Å². The number of likely N-dealkylation sites (N-methyl/N-ethyl adjacent to an activating group) is 4. The van der Waals surface area contributed by atoms with Gasteiger partial charge in [0.15, 0.2) is 0 Å². The Morgan fingerprint density at radius 1 is 0.595 bits per heavy atom. The molecule has 0 atom stereocenters. The SMILES string of the molecule is C=CC(=O)Cl.C=CC(=O)Nc1cc(Nc2ncnc(Nc3ccc(C)nc3C(C)(C)O)n2)c(OC)cc1N(C)CCN(C)C.COc1cc(N(C)CCN(C)C)c(N)cc1Nc1ncnc(Nc2ccc(C)nc2C(C)(C)O)n1. The molecule has 4 aromatic heterocycles. The number of amides is 1. The Morgan fingerprint density at radius 2 is 0.975 bits per heavy atom. The fourth-order valence-corrected chi connectivity index (χ4v) is 7.12. The minimum atomic E-state index is -1.18. The van der Waals surface area contributed by atoms with Crippen LogP contribution in [0.4, 0.5) is 69.3 Å². The maximum Gasteiger partial charge on any atom is 0.247 e. The van der Waals surface area contributed by atoms with Crippen molar-refractivity contribution in [2.45, 2.75) is 52.7 Å². The first kappa shape index (κ1) is 63.2. The van der Waals surface area contributed by atoms with Gasteiger partial charge in [-0.25, -0.2) is 19.9 Å². The summed E-state index contributed by atoms with van der Waals surface area (Å²) in [6, 6.07) is 14.6. The van der Waals surface area contributed by atoms with E-state index in [2.05, 4.69) is 94.3 Å². The lowest BCUT2D eigenvalue weighted by Gasteiger charge is -2.26. The van der Waals surface area contributed by atoms with E-state index < -0.39 is 16.4 Å². The van der Waals surface area contributed by atoms with Gasteiger partial charge in [-0.05, 0) is 130 Å². The van der Waals surface area contributed by atoms with Crippen LogP contribution in [0.3, 0.4) is 0 Å². The Hall–Kier alpha value is -8.29. The van der Waals surface area contributed by atoms with E-state index in [0.29, 0.717) is 68.9 Å². The van der Waals surface area contributed by atoms with Gasteiger partial charge >= 0.3 is 0 Å².